The van der Waals surface area contributed by atoms with Crippen molar-refractivity contribution in [3.8, 4) is 5.75 Å². The maximum atomic E-state index is 6.50. The number of likely N-dealkylation sites (N-methyl/N-ethyl adjacent to an activating group) is 2. The molecule has 0 bridgehead atoms. The number of nitrogens with zero attached hydrogens (tertiary/aromatic N) is 4. The number of nitrogens with two attached hydrogens (primary N) is 1. The standard InChI is InChI=1S/C15H29N5O/c1-5-6-20-15(14(21-4)10-17-20)13(16)9-12-11-18(2)7-8-19(12)3/h10,12-13H,5-9,11,16H2,1-4H3. The Bertz CT molecular complexity index is 447. The number of aryl methyl sites for hydroxylation is 1. The molecule has 2 N–H and O–H groups in total. The van der Waals surface area contributed by atoms with Crippen LogP contribution >= 0.6 is 0 Å². The third-order valence-electron chi connectivity index (χ3n) is 4.36. The summed E-state index contributed by atoms with van der Waals surface area (Å²) in [7, 11) is 6.04. The molecule has 0 spiro atoms. The SMILES string of the molecule is CCCn1ncc(OC)c1C(N)CC1CN(C)CCN1C. The molecule has 1 saturated heterocycles. The van der Waals surface area contributed by atoms with E-state index < -0.39 is 0 Å². The molecule has 21 heavy (non-hydrogen) atoms. The number of piperazine rings is 1. The number of hydrogen-bond donors (Lipinski definition) is 1. The van der Waals surface area contributed by atoms with Crippen LogP contribution in [0.5, 0.6) is 5.75 Å². The molecule has 2 heterocycles. The van der Waals surface area contributed by atoms with Crippen LogP contribution in [0.25, 0.3) is 0 Å². The van der Waals surface area contributed by atoms with E-state index in [2.05, 4.69) is 35.9 Å². The zero-order valence-electron chi connectivity index (χ0n) is 13.7. The van der Waals surface area contributed by atoms with Gasteiger partial charge < -0.3 is 20.3 Å². The smallest absolute Gasteiger partial charge is 0.161 e. The van der Waals surface area contributed by atoms with Crippen molar-refractivity contribution in [1.29, 1.82) is 0 Å². The van der Waals surface area contributed by atoms with E-state index in [1.54, 1.807) is 13.3 Å². The molecule has 1 aromatic rings. The lowest BCUT2D eigenvalue weighted by Crippen LogP contribution is -2.50. The molecule has 6 nitrogen and oxygen atoms in total. The van der Waals surface area contributed by atoms with E-state index in [0.717, 1.165) is 50.5 Å². The second-order valence-corrected chi connectivity index (χ2v) is 6.06. The summed E-state index contributed by atoms with van der Waals surface area (Å²) in [6.07, 6.45) is 3.74. The number of hydrogen-bond acceptors (Lipinski definition) is 5. The Hall–Kier alpha value is -1.11. The van der Waals surface area contributed by atoms with Crippen LogP contribution in [0.15, 0.2) is 6.20 Å². The zero-order chi connectivity index (χ0) is 15.4. The van der Waals surface area contributed by atoms with Crippen molar-refractivity contribution >= 4 is 0 Å². The van der Waals surface area contributed by atoms with Crippen LogP contribution in [0.2, 0.25) is 0 Å². The average molecular weight is 295 g/mol. The second kappa shape index (κ2) is 7.24. The largest absolute Gasteiger partial charge is 0.493 e. The minimum Gasteiger partial charge on any atom is -0.493 e. The van der Waals surface area contributed by atoms with Crippen LogP contribution in [0, 0.1) is 0 Å². The van der Waals surface area contributed by atoms with Gasteiger partial charge in [-0.3, -0.25) is 4.68 Å². The summed E-state index contributed by atoms with van der Waals surface area (Å²) in [5.74, 6) is 0.808. The first-order valence-electron chi connectivity index (χ1n) is 7.80. The highest BCUT2D eigenvalue weighted by molar-refractivity contribution is 5.28. The van der Waals surface area contributed by atoms with Crippen LogP contribution in [-0.4, -0.2) is 66.5 Å². The van der Waals surface area contributed by atoms with Gasteiger partial charge in [-0.25, -0.2) is 0 Å². The van der Waals surface area contributed by atoms with Gasteiger partial charge in [0.2, 0.25) is 0 Å². The van der Waals surface area contributed by atoms with Gasteiger partial charge in [-0.1, -0.05) is 6.92 Å². The topological polar surface area (TPSA) is 59.6 Å². The van der Waals surface area contributed by atoms with Gasteiger partial charge in [0.25, 0.3) is 0 Å². The first kappa shape index (κ1) is 16.3. The fourth-order valence-electron chi connectivity index (χ4n) is 3.06. The van der Waals surface area contributed by atoms with Crippen LogP contribution in [-0.2, 0) is 6.54 Å². The predicted molar refractivity (Wildman–Crippen MR) is 84.5 cm³/mol. The van der Waals surface area contributed by atoms with Gasteiger partial charge >= 0.3 is 0 Å². The van der Waals surface area contributed by atoms with Crippen molar-refractivity contribution in [2.45, 2.75) is 38.4 Å². The van der Waals surface area contributed by atoms with Gasteiger partial charge in [0, 0.05) is 32.2 Å². The molecule has 6 heteroatoms. The molecule has 2 atom stereocenters. The van der Waals surface area contributed by atoms with Crippen molar-refractivity contribution in [2.75, 3.05) is 40.8 Å². The highest BCUT2D eigenvalue weighted by Crippen LogP contribution is 2.28. The Labute approximate surface area is 127 Å². The molecule has 1 fully saturated rings. The Balaban J connectivity index is 2.11. The third kappa shape index (κ3) is 3.75. The number of aromatic nitrogens is 2. The second-order valence-electron chi connectivity index (χ2n) is 6.06. The molecule has 1 aliphatic rings. The third-order valence-corrected chi connectivity index (χ3v) is 4.36. The van der Waals surface area contributed by atoms with Gasteiger partial charge in [-0.15, -0.1) is 0 Å². The van der Waals surface area contributed by atoms with E-state index in [0.29, 0.717) is 6.04 Å². The van der Waals surface area contributed by atoms with E-state index >= 15 is 0 Å². The van der Waals surface area contributed by atoms with Gasteiger partial charge in [-0.05, 0) is 26.9 Å². The molecule has 0 radical (unpaired) electrons. The maximum Gasteiger partial charge on any atom is 0.161 e. The van der Waals surface area contributed by atoms with Crippen molar-refractivity contribution in [2.24, 2.45) is 5.73 Å². The quantitative estimate of drug-likeness (QED) is 0.846. The van der Waals surface area contributed by atoms with E-state index in [4.69, 9.17) is 10.5 Å². The Morgan fingerprint density at radius 3 is 2.86 bits per heavy atom. The lowest BCUT2D eigenvalue weighted by Gasteiger charge is -2.38. The molecule has 1 aliphatic heterocycles. The maximum absolute atomic E-state index is 6.50. The Morgan fingerprint density at radius 1 is 1.43 bits per heavy atom. The number of methoxy groups -OCH3 is 1. The van der Waals surface area contributed by atoms with Crippen LogP contribution in [0.3, 0.4) is 0 Å². The van der Waals surface area contributed by atoms with Crippen molar-refractivity contribution in [1.82, 2.24) is 19.6 Å². The van der Waals surface area contributed by atoms with Crippen molar-refractivity contribution < 1.29 is 4.74 Å². The minimum absolute atomic E-state index is 0.0482. The molecule has 2 unspecified atom stereocenters. The summed E-state index contributed by atoms with van der Waals surface area (Å²) in [4.78, 5) is 4.78. The van der Waals surface area contributed by atoms with E-state index in [-0.39, 0.29) is 6.04 Å². The fourth-order valence-corrected chi connectivity index (χ4v) is 3.06. The Morgan fingerprint density at radius 2 is 2.19 bits per heavy atom. The molecule has 120 valence electrons. The van der Waals surface area contributed by atoms with Gasteiger partial charge in [0.05, 0.1) is 25.0 Å². The van der Waals surface area contributed by atoms with Crippen molar-refractivity contribution in [3.63, 3.8) is 0 Å². The van der Waals surface area contributed by atoms with E-state index in [1.165, 1.54) is 0 Å². The zero-order valence-corrected chi connectivity index (χ0v) is 13.7. The highest BCUT2D eigenvalue weighted by atomic mass is 16.5. The van der Waals surface area contributed by atoms with Crippen LogP contribution in [0.1, 0.15) is 31.5 Å². The van der Waals surface area contributed by atoms with E-state index in [1.807, 2.05) is 4.68 Å². The normalized spacial score (nSPS) is 22.4. The summed E-state index contributed by atoms with van der Waals surface area (Å²) in [6, 6.07) is 0.432. The van der Waals surface area contributed by atoms with Gasteiger partial charge in [-0.2, -0.15) is 5.10 Å². The summed E-state index contributed by atoms with van der Waals surface area (Å²) >= 11 is 0. The molecular formula is C15H29N5O. The molecule has 0 saturated carbocycles. The molecule has 1 aromatic heterocycles. The number of rotatable bonds is 6. The average Bonchev–Trinajstić information content (AvgIpc) is 2.86. The van der Waals surface area contributed by atoms with Gasteiger partial charge in [0.1, 0.15) is 0 Å². The fraction of sp³-hybridized carbons (Fsp3) is 0.800. The Kier molecular flexibility index (Phi) is 5.61. The summed E-state index contributed by atoms with van der Waals surface area (Å²) < 4.78 is 7.44. The molecular weight excluding hydrogens is 266 g/mol. The molecule has 0 aliphatic carbocycles. The predicted octanol–water partition coefficient (Wildman–Crippen LogP) is 0.937. The van der Waals surface area contributed by atoms with Crippen molar-refractivity contribution in [3.05, 3.63) is 11.9 Å². The molecule has 2 rings (SSSR count). The molecule has 0 aromatic carbocycles. The van der Waals surface area contributed by atoms with Crippen LogP contribution in [0.4, 0.5) is 0 Å². The summed E-state index contributed by atoms with van der Waals surface area (Å²) in [5.41, 5.74) is 7.53. The lowest BCUT2D eigenvalue weighted by atomic mass is 10.0. The minimum atomic E-state index is -0.0482. The summed E-state index contributed by atoms with van der Waals surface area (Å²) in [5, 5.41) is 4.41. The summed E-state index contributed by atoms with van der Waals surface area (Å²) in [6.45, 7) is 6.31. The lowest BCUT2D eigenvalue weighted by molar-refractivity contribution is 0.103. The first-order chi connectivity index (χ1) is 10.1. The van der Waals surface area contributed by atoms with Crippen LogP contribution < -0.4 is 10.5 Å². The monoisotopic (exact) mass is 295 g/mol. The van der Waals surface area contributed by atoms with E-state index in [9.17, 15) is 0 Å². The van der Waals surface area contributed by atoms with Gasteiger partial charge in [0.15, 0.2) is 5.75 Å². The first-order valence-corrected chi connectivity index (χ1v) is 7.80. The highest BCUT2D eigenvalue weighted by Gasteiger charge is 2.27. The molecule has 0 amide bonds. The number of ether oxygens (including phenoxy) is 1.